The lowest BCUT2D eigenvalue weighted by Gasteiger charge is -2.08. The van der Waals surface area contributed by atoms with Gasteiger partial charge in [0.2, 0.25) is 0 Å². The average molecular weight is 429 g/mol. The van der Waals surface area contributed by atoms with Crippen molar-refractivity contribution in [3.63, 3.8) is 0 Å². The van der Waals surface area contributed by atoms with Gasteiger partial charge in [-0.2, -0.15) is 0 Å². The van der Waals surface area contributed by atoms with E-state index in [-0.39, 0.29) is 6.07 Å². The Bertz CT molecular complexity index is 1150. The molecule has 0 unspecified atom stereocenters. The van der Waals surface area contributed by atoms with Gasteiger partial charge in [0.25, 0.3) is 11.5 Å². The maximum atomic E-state index is 10.4. The van der Waals surface area contributed by atoms with E-state index in [1.54, 1.807) is 0 Å². The van der Waals surface area contributed by atoms with E-state index in [2.05, 4.69) is 57.2 Å². The second kappa shape index (κ2) is 9.03. The number of aromatic hydroxyl groups is 2. The molecule has 2 N–H and O–H groups in total. The second-order valence-electron chi connectivity index (χ2n) is 6.94. The zero-order valence-corrected chi connectivity index (χ0v) is 16.8. The molecule has 0 aliphatic heterocycles. The lowest BCUT2D eigenvalue weighted by molar-refractivity contribution is -0.405. The number of phenolic OH excluding ortho intramolecular Hbond substituents is 2. The van der Waals surface area contributed by atoms with E-state index in [9.17, 15) is 30.3 Å². The molecule has 0 amide bonds. The maximum absolute atomic E-state index is 10.4. The third-order valence-corrected chi connectivity index (χ3v) is 4.57. The topological polar surface area (TPSA) is 170 Å². The van der Waals surface area contributed by atoms with E-state index < -0.39 is 43.3 Å². The molecule has 0 spiro atoms. The highest BCUT2D eigenvalue weighted by Gasteiger charge is 2.37. The van der Waals surface area contributed by atoms with Gasteiger partial charge in [0.1, 0.15) is 6.07 Å². The Labute approximate surface area is 175 Å². The SMILES string of the molecule is Cc1cccc2ccc(C(C)C)cc12.O=[N+]([O-])c1cc([N+](=O)[O-])c(O)c([N+](=O)[O-])c1O. The van der Waals surface area contributed by atoms with Gasteiger partial charge in [0.05, 0.1) is 14.8 Å². The zero-order valence-electron chi connectivity index (χ0n) is 16.8. The fraction of sp³-hybridized carbons (Fsp3) is 0.200. The standard InChI is InChI=1S/C14H16.C6H3N3O8/c1-10(2)13-8-7-12-6-4-5-11(3)14(12)9-13;10-5-2(7(12)13)1-3(8(14)15)6(11)4(5)9(16)17/h4-10H,1-3H3;1,10-11H. The van der Waals surface area contributed by atoms with Gasteiger partial charge in [-0.3, -0.25) is 30.3 Å². The number of phenols is 2. The van der Waals surface area contributed by atoms with Gasteiger partial charge in [-0.1, -0.05) is 50.2 Å². The van der Waals surface area contributed by atoms with Crippen molar-refractivity contribution in [3.05, 3.63) is 83.9 Å². The summed E-state index contributed by atoms with van der Waals surface area (Å²) in [6.07, 6.45) is 0. The number of rotatable bonds is 4. The number of hydrogen-bond acceptors (Lipinski definition) is 8. The normalized spacial score (nSPS) is 10.5. The van der Waals surface area contributed by atoms with Crippen molar-refractivity contribution in [2.24, 2.45) is 0 Å². The number of fused-ring (bicyclic) bond motifs is 1. The van der Waals surface area contributed by atoms with Crippen LogP contribution in [0.15, 0.2) is 42.5 Å². The molecule has 0 heterocycles. The molecule has 0 fully saturated rings. The quantitative estimate of drug-likeness (QED) is 0.426. The van der Waals surface area contributed by atoms with Crippen molar-refractivity contribution in [1.29, 1.82) is 0 Å². The van der Waals surface area contributed by atoms with Gasteiger partial charge < -0.3 is 10.2 Å². The summed E-state index contributed by atoms with van der Waals surface area (Å²) in [5, 5.41) is 52.3. The van der Waals surface area contributed by atoms with E-state index in [1.807, 2.05) is 0 Å². The van der Waals surface area contributed by atoms with Crippen LogP contribution in [0.4, 0.5) is 17.1 Å². The van der Waals surface area contributed by atoms with Crippen LogP contribution < -0.4 is 0 Å². The molecule has 0 aliphatic rings. The highest BCUT2D eigenvalue weighted by molar-refractivity contribution is 5.86. The Balaban J connectivity index is 0.000000224. The fourth-order valence-electron chi connectivity index (χ4n) is 2.88. The van der Waals surface area contributed by atoms with Gasteiger partial charge in [0.15, 0.2) is 0 Å². The molecule has 11 nitrogen and oxygen atoms in total. The molecular weight excluding hydrogens is 410 g/mol. The van der Waals surface area contributed by atoms with Crippen molar-refractivity contribution in [3.8, 4) is 11.5 Å². The third kappa shape index (κ3) is 4.83. The summed E-state index contributed by atoms with van der Waals surface area (Å²) < 4.78 is 0. The summed E-state index contributed by atoms with van der Waals surface area (Å²) in [7, 11) is 0. The first kappa shape index (κ1) is 23.0. The van der Waals surface area contributed by atoms with Gasteiger partial charge in [-0.25, -0.2) is 0 Å². The van der Waals surface area contributed by atoms with Crippen LogP contribution in [0, 0.1) is 37.3 Å². The molecule has 0 aliphatic carbocycles. The van der Waals surface area contributed by atoms with Crippen molar-refractivity contribution < 1.29 is 25.0 Å². The first-order valence-corrected chi connectivity index (χ1v) is 8.97. The molecule has 162 valence electrons. The van der Waals surface area contributed by atoms with Crippen molar-refractivity contribution in [1.82, 2.24) is 0 Å². The molecule has 0 radical (unpaired) electrons. The van der Waals surface area contributed by atoms with Crippen LogP contribution >= 0.6 is 0 Å². The number of aryl methyl sites for hydroxylation is 1. The molecule has 3 aromatic rings. The van der Waals surface area contributed by atoms with E-state index in [1.165, 1.54) is 21.9 Å². The van der Waals surface area contributed by atoms with Crippen molar-refractivity contribution in [2.45, 2.75) is 26.7 Å². The van der Waals surface area contributed by atoms with Crippen LogP contribution in [-0.4, -0.2) is 25.0 Å². The largest absolute Gasteiger partial charge is 0.497 e. The summed E-state index contributed by atoms with van der Waals surface area (Å²) in [5.74, 6) is -2.27. The second-order valence-corrected chi connectivity index (χ2v) is 6.94. The lowest BCUT2D eigenvalue weighted by atomic mass is 9.97. The molecule has 0 bridgehead atoms. The van der Waals surface area contributed by atoms with Crippen molar-refractivity contribution >= 4 is 27.8 Å². The molecular formula is C20H19N3O8. The number of nitrogens with zero attached hydrogens (tertiary/aromatic N) is 3. The fourth-order valence-corrected chi connectivity index (χ4v) is 2.88. The molecule has 0 atom stereocenters. The van der Waals surface area contributed by atoms with Crippen LogP contribution in [0.25, 0.3) is 10.8 Å². The van der Waals surface area contributed by atoms with Crippen molar-refractivity contribution in [2.75, 3.05) is 0 Å². The Morgan fingerprint density at radius 1 is 0.806 bits per heavy atom. The molecule has 0 saturated heterocycles. The highest BCUT2D eigenvalue weighted by atomic mass is 16.6. The number of benzene rings is 3. The zero-order chi connectivity index (χ0) is 23.5. The van der Waals surface area contributed by atoms with Gasteiger partial charge in [-0.05, 0) is 34.7 Å². The van der Waals surface area contributed by atoms with Crippen LogP contribution in [0.5, 0.6) is 11.5 Å². The maximum Gasteiger partial charge on any atom is 0.366 e. The highest BCUT2D eigenvalue weighted by Crippen LogP contribution is 2.47. The summed E-state index contributed by atoms with van der Waals surface area (Å²) in [4.78, 5) is 27.4. The van der Waals surface area contributed by atoms with E-state index in [4.69, 9.17) is 10.2 Å². The minimum Gasteiger partial charge on any atom is -0.497 e. The van der Waals surface area contributed by atoms with E-state index in [0.29, 0.717) is 5.92 Å². The lowest BCUT2D eigenvalue weighted by Crippen LogP contribution is -1.98. The first-order chi connectivity index (χ1) is 14.5. The minimum absolute atomic E-state index is 0.234. The molecule has 0 saturated carbocycles. The molecule has 0 aromatic heterocycles. The predicted octanol–water partition coefficient (Wildman–Crippen LogP) is 5.09. The number of nitro benzene ring substituents is 3. The third-order valence-electron chi connectivity index (χ3n) is 4.57. The summed E-state index contributed by atoms with van der Waals surface area (Å²) in [5.41, 5.74) is -1.16. The number of nitro groups is 3. The predicted molar refractivity (Wildman–Crippen MR) is 113 cm³/mol. The van der Waals surface area contributed by atoms with Gasteiger partial charge >= 0.3 is 17.1 Å². The van der Waals surface area contributed by atoms with Gasteiger partial charge in [-0.15, -0.1) is 0 Å². The van der Waals surface area contributed by atoms with Gasteiger partial charge in [0, 0.05) is 0 Å². The molecule has 3 rings (SSSR count). The summed E-state index contributed by atoms with van der Waals surface area (Å²) >= 11 is 0. The average Bonchev–Trinajstić information content (AvgIpc) is 2.67. The Kier molecular flexibility index (Phi) is 6.70. The van der Waals surface area contributed by atoms with E-state index in [0.717, 1.165) is 0 Å². The van der Waals surface area contributed by atoms with Crippen LogP contribution in [0.1, 0.15) is 30.9 Å². The van der Waals surface area contributed by atoms with Crippen LogP contribution in [0.3, 0.4) is 0 Å². The first-order valence-electron chi connectivity index (χ1n) is 8.97. The van der Waals surface area contributed by atoms with Crippen LogP contribution in [-0.2, 0) is 0 Å². The Hall–Kier alpha value is -4.28. The molecule has 3 aromatic carbocycles. The summed E-state index contributed by atoms with van der Waals surface area (Å²) in [6.45, 7) is 6.64. The number of hydrogen-bond donors (Lipinski definition) is 2. The Morgan fingerprint density at radius 3 is 1.81 bits per heavy atom. The molecule has 11 heteroatoms. The molecule has 31 heavy (non-hydrogen) atoms. The summed E-state index contributed by atoms with van der Waals surface area (Å²) in [6, 6.07) is 13.5. The van der Waals surface area contributed by atoms with Crippen LogP contribution in [0.2, 0.25) is 0 Å². The minimum atomic E-state index is -1.48. The Morgan fingerprint density at radius 2 is 1.35 bits per heavy atom. The smallest absolute Gasteiger partial charge is 0.366 e. The van der Waals surface area contributed by atoms with E-state index >= 15 is 0 Å². The monoisotopic (exact) mass is 429 g/mol.